The van der Waals surface area contributed by atoms with Crippen molar-refractivity contribution in [2.75, 3.05) is 6.54 Å². The highest BCUT2D eigenvalue weighted by Crippen LogP contribution is 2.19. The van der Waals surface area contributed by atoms with Crippen LogP contribution < -0.4 is 0 Å². The van der Waals surface area contributed by atoms with E-state index in [9.17, 15) is 9.59 Å². The number of rotatable bonds is 4. The van der Waals surface area contributed by atoms with E-state index in [2.05, 4.69) is 17.2 Å². The maximum Gasteiger partial charge on any atom is 0.356 e. The summed E-state index contributed by atoms with van der Waals surface area (Å²) in [6.45, 7) is 1.77. The first-order valence-electron chi connectivity index (χ1n) is 7.25. The molecular formula is C16H17N3O3. The van der Waals surface area contributed by atoms with Crippen LogP contribution in [0, 0.1) is 0 Å². The van der Waals surface area contributed by atoms with Crippen LogP contribution in [0.1, 0.15) is 28.0 Å². The van der Waals surface area contributed by atoms with Gasteiger partial charge in [-0.1, -0.05) is 24.3 Å². The van der Waals surface area contributed by atoms with Gasteiger partial charge in [0.15, 0.2) is 5.69 Å². The molecule has 114 valence electrons. The van der Waals surface area contributed by atoms with Gasteiger partial charge in [0.2, 0.25) is 5.91 Å². The number of hydrogen-bond donors (Lipinski definition) is 1. The van der Waals surface area contributed by atoms with E-state index in [1.165, 1.54) is 21.9 Å². The number of carboxylic acid groups (broad SMARTS) is 1. The van der Waals surface area contributed by atoms with Crippen LogP contribution in [0.25, 0.3) is 0 Å². The topological polar surface area (TPSA) is 75.4 Å². The monoisotopic (exact) mass is 299 g/mol. The highest BCUT2D eigenvalue weighted by molar-refractivity contribution is 5.85. The molecule has 3 rings (SSSR count). The molecule has 1 N–H and O–H groups in total. The molecule has 0 aliphatic carbocycles. The molecule has 0 atom stereocenters. The maximum atomic E-state index is 12.3. The SMILES string of the molecule is O=C(O)c1ccn(CCC(=O)N2CCc3ccccc3C2)n1. The number of hydrogen-bond acceptors (Lipinski definition) is 3. The Balaban J connectivity index is 1.57. The van der Waals surface area contributed by atoms with Crippen molar-refractivity contribution >= 4 is 11.9 Å². The number of nitrogens with zero attached hydrogens (tertiary/aromatic N) is 3. The van der Waals surface area contributed by atoms with Crippen molar-refractivity contribution in [2.24, 2.45) is 0 Å². The summed E-state index contributed by atoms with van der Waals surface area (Å²) in [6.07, 6.45) is 2.79. The molecule has 0 unspecified atom stereocenters. The summed E-state index contributed by atoms with van der Waals surface area (Å²) in [5, 5.41) is 12.7. The Morgan fingerprint density at radius 2 is 1.95 bits per heavy atom. The van der Waals surface area contributed by atoms with Crippen molar-refractivity contribution in [1.29, 1.82) is 0 Å². The van der Waals surface area contributed by atoms with E-state index < -0.39 is 5.97 Å². The van der Waals surface area contributed by atoms with E-state index in [0.717, 1.165) is 13.0 Å². The van der Waals surface area contributed by atoms with Crippen LogP contribution in [0.5, 0.6) is 0 Å². The lowest BCUT2D eigenvalue weighted by molar-refractivity contribution is -0.132. The number of aryl methyl sites for hydroxylation is 1. The molecule has 0 radical (unpaired) electrons. The molecule has 1 amide bonds. The first-order chi connectivity index (χ1) is 10.6. The Morgan fingerprint density at radius 3 is 2.68 bits per heavy atom. The third kappa shape index (κ3) is 3.00. The average Bonchev–Trinajstić information content (AvgIpc) is 3.01. The third-order valence-corrected chi connectivity index (χ3v) is 3.90. The predicted molar refractivity (Wildman–Crippen MR) is 79.4 cm³/mol. The van der Waals surface area contributed by atoms with Crippen molar-refractivity contribution < 1.29 is 14.7 Å². The maximum absolute atomic E-state index is 12.3. The highest BCUT2D eigenvalue weighted by Gasteiger charge is 2.20. The van der Waals surface area contributed by atoms with Gasteiger partial charge in [-0.15, -0.1) is 0 Å². The summed E-state index contributed by atoms with van der Waals surface area (Å²) in [5.74, 6) is -0.986. The molecule has 2 aromatic rings. The molecule has 22 heavy (non-hydrogen) atoms. The van der Waals surface area contributed by atoms with Gasteiger partial charge in [0.05, 0.1) is 0 Å². The zero-order chi connectivity index (χ0) is 15.5. The van der Waals surface area contributed by atoms with Crippen molar-refractivity contribution in [3.8, 4) is 0 Å². The fraction of sp³-hybridized carbons (Fsp3) is 0.312. The minimum atomic E-state index is -1.06. The second-order valence-corrected chi connectivity index (χ2v) is 5.35. The molecule has 1 aliphatic heterocycles. The molecule has 2 heterocycles. The van der Waals surface area contributed by atoms with Crippen LogP contribution in [-0.2, 0) is 24.3 Å². The molecular weight excluding hydrogens is 282 g/mol. The Kier molecular flexibility index (Phi) is 3.91. The quantitative estimate of drug-likeness (QED) is 0.929. The standard InChI is InChI=1S/C16H17N3O3/c20-15(7-10-19-9-6-14(17-19)16(21)22)18-8-5-12-3-1-2-4-13(12)11-18/h1-4,6,9H,5,7-8,10-11H2,(H,21,22). The third-order valence-electron chi connectivity index (χ3n) is 3.90. The summed E-state index contributed by atoms with van der Waals surface area (Å²) in [7, 11) is 0. The number of aromatic carboxylic acids is 1. The summed E-state index contributed by atoms with van der Waals surface area (Å²) in [6, 6.07) is 9.61. The lowest BCUT2D eigenvalue weighted by atomic mass is 10.00. The van der Waals surface area contributed by atoms with E-state index in [4.69, 9.17) is 5.11 Å². The van der Waals surface area contributed by atoms with E-state index in [1.807, 2.05) is 17.0 Å². The zero-order valence-corrected chi connectivity index (χ0v) is 12.1. The van der Waals surface area contributed by atoms with Crippen LogP contribution >= 0.6 is 0 Å². The molecule has 0 saturated carbocycles. The van der Waals surface area contributed by atoms with Crippen LogP contribution in [0.15, 0.2) is 36.5 Å². The molecule has 0 saturated heterocycles. The molecule has 6 nitrogen and oxygen atoms in total. The number of fused-ring (bicyclic) bond motifs is 1. The molecule has 6 heteroatoms. The van der Waals surface area contributed by atoms with Gasteiger partial charge in [-0.25, -0.2) is 4.79 Å². The van der Waals surface area contributed by atoms with E-state index in [0.29, 0.717) is 19.5 Å². The van der Waals surface area contributed by atoms with Crippen molar-refractivity contribution in [3.63, 3.8) is 0 Å². The largest absolute Gasteiger partial charge is 0.476 e. The second kappa shape index (κ2) is 6.01. The Labute approximate surface area is 128 Å². The van der Waals surface area contributed by atoms with Gasteiger partial charge in [0.25, 0.3) is 0 Å². The van der Waals surface area contributed by atoms with Crippen LogP contribution in [0.3, 0.4) is 0 Å². The average molecular weight is 299 g/mol. The van der Waals surface area contributed by atoms with Gasteiger partial charge < -0.3 is 10.0 Å². The van der Waals surface area contributed by atoms with Crippen molar-refractivity contribution in [1.82, 2.24) is 14.7 Å². The van der Waals surface area contributed by atoms with Crippen molar-refractivity contribution in [3.05, 3.63) is 53.3 Å². The molecule has 0 spiro atoms. The lowest BCUT2D eigenvalue weighted by Crippen LogP contribution is -2.36. The number of amides is 1. The number of carbonyl (C=O) groups excluding carboxylic acids is 1. The summed E-state index contributed by atoms with van der Waals surface area (Å²) in [5.41, 5.74) is 2.51. The van der Waals surface area contributed by atoms with Crippen molar-refractivity contribution in [2.45, 2.75) is 25.9 Å². The molecule has 0 fully saturated rings. The summed E-state index contributed by atoms with van der Waals surface area (Å²) >= 11 is 0. The number of aromatic nitrogens is 2. The minimum absolute atomic E-state index is 0.000603. The zero-order valence-electron chi connectivity index (χ0n) is 12.1. The first kappa shape index (κ1) is 14.3. The van der Waals surface area contributed by atoms with Gasteiger partial charge in [-0.3, -0.25) is 9.48 Å². The summed E-state index contributed by atoms with van der Waals surface area (Å²) in [4.78, 5) is 24.9. The van der Waals surface area contributed by atoms with E-state index in [1.54, 1.807) is 6.20 Å². The smallest absolute Gasteiger partial charge is 0.356 e. The van der Waals surface area contributed by atoms with Gasteiger partial charge in [0, 0.05) is 32.3 Å². The normalized spacial score (nSPS) is 13.7. The second-order valence-electron chi connectivity index (χ2n) is 5.35. The number of carboxylic acids is 1. The van der Waals surface area contributed by atoms with Gasteiger partial charge in [-0.2, -0.15) is 5.10 Å². The summed E-state index contributed by atoms with van der Waals surface area (Å²) < 4.78 is 1.50. The lowest BCUT2D eigenvalue weighted by Gasteiger charge is -2.29. The first-order valence-corrected chi connectivity index (χ1v) is 7.25. The van der Waals surface area contributed by atoms with E-state index >= 15 is 0 Å². The Morgan fingerprint density at radius 1 is 1.18 bits per heavy atom. The number of benzene rings is 1. The predicted octanol–water partition coefficient (Wildman–Crippen LogP) is 1.56. The van der Waals surface area contributed by atoms with Gasteiger partial charge >= 0.3 is 5.97 Å². The molecule has 1 aromatic carbocycles. The van der Waals surface area contributed by atoms with Crippen LogP contribution in [-0.4, -0.2) is 38.2 Å². The van der Waals surface area contributed by atoms with Crippen LogP contribution in [0.4, 0.5) is 0 Å². The van der Waals surface area contributed by atoms with Gasteiger partial charge in [-0.05, 0) is 23.6 Å². The Bertz CT molecular complexity index is 708. The number of carbonyl (C=O) groups is 2. The molecule has 0 bridgehead atoms. The molecule has 1 aliphatic rings. The van der Waals surface area contributed by atoms with Crippen LogP contribution in [0.2, 0.25) is 0 Å². The Hall–Kier alpha value is -2.63. The highest BCUT2D eigenvalue weighted by atomic mass is 16.4. The fourth-order valence-corrected chi connectivity index (χ4v) is 2.68. The van der Waals surface area contributed by atoms with E-state index in [-0.39, 0.29) is 11.6 Å². The van der Waals surface area contributed by atoms with Gasteiger partial charge in [0.1, 0.15) is 0 Å². The minimum Gasteiger partial charge on any atom is -0.476 e. The fourth-order valence-electron chi connectivity index (χ4n) is 2.68. The molecule has 1 aromatic heterocycles.